The first-order valence-electron chi connectivity index (χ1n) is 7.28. The molecule has 2 aromatic rings. The van der Waals surface area contributed by atoms with Gasteiger partial charge in [0.2, 0.25) is 0 Å². The number of carbonyl (C=O) groups is 1. The van der Waals surface area contributed by atoms with Crippen LogP contribution in [0.15, 0.2) is 18.2 Å². The summed E-state index contributed by atoms with van der Waals surface area (Å²) in [5.41, 5.74) is 2.08. The van der Waals surface area contributed by atoms with E-state index in [0.29, 0.717) is 12.0 Å². The van der Waals surface area contributed by atoms with E-state index in [1.54, 1.807) is 12.1 Å². The number of aromatic nitrogens is 2. The summed E-state index contributed by atoms with van der Waals surface area (Å²) in [6, 6.07) is 5.55. The number of benzene rings is 1. The Morgan fingerprint density at radius 1 is 1.38 bits per heavy atom. The van der Waals surface area contributed by atoms with E-state index in [2.05, 4.69) is 37.2 Å². The number of hydrogen-bond acceptors (Lipinski definition) is 3. The minimum Gasteiger partial charge on any atom is -0.478 e. The summed E-state index contributed by atoms with van der Waals surface area (Å²) in [7, 11) is 0. The van der Waals surface area contributed by atoms with Gasteiger partial charge in [0.05, 0.1) is 16.6 Å². The van der Waals surface area contributed by atoms with Crippen LogP contribution in [0, 0.1) is 0 Å². The molecule has 0 saturated carbocycles. The predicted molar refractivity (Wildman–Crippen MR) is 88.5 cm³/mol. The maximum absolute atomic E-state index is 11.1. The van der Waals surface area contributed by atoms with E-state index < -0.39 is 5.97 Å². The summed E-state index contributed by atoms with van der Waals surface area (Å²) in [5.74, 6) is 2.54. The number of aromatic carboxylic acids is 1. The van der Waals surface area contributed by atoms with Gasteiger partial charge in [-0.3, -0.25) is 0 Å². The number of carboxylic acid groups (broad SMARTS) is 1. The minimum absolute atomic E-state index is 0.290. The summed E-state index contributed by atoms with van der Waals surface area (Å²) < 4.78 is 2.26. The van der Waals surface area contributed by atoms with Gasteiger partial charge >= 0.3 is 5.97 Å². The lowest BCUT2D eigenvalue weighted by Crippen LogP contribution is -2.12. The highest BCUT2D eigenvalue weighted by Gasteiger charge is 2.19. The summed E-state index contributed by atoms with van der Waals surface area (Å²) in [6.45, 7) is 8.59. The van der Waals surface area contributed by atoms with Crippen molar-refractivity contribution in [3.63, 3.8) is 0 Å². The first-order chi connectivity index (χ1) is 9.95. The van der Waals surface area contributed by atoms with Gasteiger partial charge in [0.1, 0.15) is 5.82 Å². The number of imidazole rings is 1. The van der Waals surface area contributed by atoms with Crippen molar-refractivity contribution in [1.29, 1.82) is 0 Å². The van der Waals surface area contributed by atoms with Gasteiger partial charge in [0.15, 0.2) is 0 Å². The van der Waals surface area contributed by atoms with Gasteiger partial charge in [-0.25, -0.2) is 9.78 Å². The van der Waals surface area contributed by atoms with Crippen LogP contribution in [0.4, 0.5) is 0 Å². The van der Waals surface area contributed by atoms with Crippen molar-refractivity contribution in [2.24, 2.45) is 0 Å². The molecule has 0 radical (unpaired) electrons. The van der Waals surface area contributed by atoms with E-state index in [1.165, 1.54) is 0 Å². The molecule has 21 heavy (non-hydrogen) atoms. The Labute approximate surface area is 129 Å². The molecule has 1 N–H and O–H groups in total. The Hall–Kier alpha value is -1.49. The quantitative estimate of drug-likeness (QED) is 0.870. The Morgan fingerprint density at radius 2 is 2.10 bits per heavy atom. The summed E-state index contributed by atoms with van der Waals surface area (Å²) in [4.78, 5) is 15.8. The van der Waals surface area contributed by atoms with Crippen LogP contribution in [0.25, 0.3) is 11.0 Å². The third-order valence-corrected chi connectivity index (χ3v) is 4.61. The molecule has 0 fully saturated rings. The normalized spacial score (nSPS) is 13.0. The lowest BCUT2D eigenvalue weighted by Gasteiger charge is -2.18. The van der Waals surface area contributed by atoms with Crippen molar-refractivity contribution < 1.29 is 9.90 Å². The van der Waals surface area contributed by atoms with Crippen LogP contribution in [-0.2, 0) is 0 Å². The summed E-state index contributed by atoms with van der Waals surface area (Å²) in [5, 5.41) is 9.12. The molecule has 1 heterocycles. The summed E-state index contributed by atoms with van der Waals surface area (Å²) in [6.07, 6.45) is 0. The average Bonchev–Trinajstić information content (AvgIpc) is 2.83. The molecule has 0 spiro atoms. The van der Waals surface area contributed by atoms with Crippen molar-refractivity contribution >= 4 is 28.8 Å². The van der Waals surface area contributed by atoms with Gasteiger partial charge in [0.25, 0.3) is 0 Å². The van der Waals surface area contributed by atoms with Gasteiger partial charge in [-0.05, 0) is 30.9 Å². The Bertz CT molecular complexity index is 649. The fraction of sp³-hybridized carbons (Fsp3) is 0.500. The number of hydrogen-bond donors (Lipinski definition) is 1. The zero-order chi connectivity index (χ0) is 15.6. The van der Waals surface area contributed by atoms with Crippen molar-refractivity contribution in [1.82, 2.24) is 9.55 Å². The Morgan fingerprint density at radius 3 is 2.67 bits per heavy atom. The number of carboxylic acids is 1. The van der Waals surface area contributed by atoms with Gasteiger partial charge in [0, 0.05) is 17.7 Å². The van der Waals surface area contributed by atoms with Crippen LogP contribution in [0.2, 0.25) is 0 Å². The minimum atomic E-state index is -0.910. The van der Waals surface area contributed by atoms with Crippen molar-refractivity contribution in [2.45, 2.75) is 39.7 Å². The third-order valence-electron chi connectivity index (χ3n) is 3.48. The van der Waals surface area contributed by atoms with Crippen LogP contribution in [-0.4, -0.2) is 32.1 Å². The highest BCUT2D eigenvalue weighted by molar-refractivity contribution is 7.99. The van der Waals surface area contributed by atoms with E-state index in [-0.39, 0.29) is 5.56 Å². The zero-order valence-electron chi connectivity index (χ0n) is 13.0. The van der Waals surface area contributed by atoms with Gasteiger partial charge in [-0.2, -0.15) is 11.8 Å². The van der Waals surface area contributed by atoms with E-state index in [1.807, 2.05) is 17.8 Å². The molecule has 0 aliphatic heterocycles. The highest BCUT2D eigenvalue weighted by atomic mass is 32.2. The second-order valence-electron chi connectivity index (χ2n) is 5.51. The summed E-state index contributed by atoms with van der Waals surface area (Å²) >= 11 is 1.91. The first-order valence-corrected chi connectivity index (χ1v) is 8.44. The Kier molecular flexibility index (Phi) is 4.93. The average molecular weight is 306 g/mol. The second-order valence-corrected chi connectivity index (χ2v) is 6.83. The molecule has 5 heteroatoms. The smallest absolute Gasteiger partial charge is 0.335 e. The molecule has 1 unspecified atom stereocenters. The highest BCUT2D eigenvalue weighted by Crippen LogP contribution is 2.28. The molecule has 0 aliphatic carbocycles. The third kappa shape index (κ3) is 3.23. The lowest BCUT2D eigenvalue weighted by atomic mass is 10.2. The van der Waals surface area contributed by atoms with Crippen LogP contribution >= 0.6 is 11.8 Å². The molecule has 1 aromatic carbocycles. The zero-order valence-corrected chi connectivity index (χ0v) is 13.8. The lowest BCUT2D eigenvalue weighted by molar-refractivity contribution is 0.0697. The van der Waals surface area contributed by atoms with Crippen LogP contribution in [0.3, 0.4) is 0 Å². The molecule has 2 rings (SSSR count). The molecule has 4 nitrogen and oxygen atoms in total. The van der Waals surface area contributed by atoms with Gasteiger partial charge < -0.3 is 9.67 Å². The topological polar surface area (TPSA) is 55.1 Å². The standard InChI is InChI=1S/C16H22N2O2S/c1-5-21-9-11(4)18-14-7-6-12(16(19)20)8-13(14)17-15(18)10(2)3/h6-8,10-11H,5,9H2,1-4H3,(H,19,20). The van der Waals surface area contributed by atoms with Crippen LogP contribution in [0.1, 0.15) is 55.8 Å². The molecule has 1 aromatic heterocycles. The van der Waals surface area contributed by atoms with Crippen molar-refractivity contribution in [3.05, 3.63) is 29.6 Å². The van der Waals surface area contributed by atoms with Gasteiger partial charge in [-0.1, -0.05) is 20.8 Å². The van der Waals surface area contributed by atoms with Crippen LogP contribution < -0.4 is 0 Å². The van der Waals surface area contributed by atoms with E-state index in [9.17, 15) is 4.79 Å². The number of nitrogens with zero attached hydrogens (tertiary/aromatic N) is 2. The predicted octanol–water partition coefficient (Wildman–Crippen LogP) is 4.17. The first kappa shape index (κ1) is 15.9. The molecule has 0 bridgehead atoms. The Balaban J connectivity index is 2.55. The SMILES string of the molecule is CCSCC(C)n1c(C(C)C)nc2cc(C(=O)O)ccc21. The number of fused-ring (bicyclic) bond motifs is 1. The van der Waals surface area contributed by atoms with E-state index in [0.717, 1.165) is 28.4 Å². The molecule has 114 valence electrons. The largest absolute Gasteiger partial charge is 0.478 e. The monoisotopic (exact) mass is 306 g/mol. The molecule has 1 atom stereocenters. The fourth-order valence-corrected chi connectivity index (χ4v) is 3.21. The molecule has 0 aliphatic rings. The number of thioether (sulfide) groups is 1. The van der Waals surface area contributed by atoms with Crippen molar-refractivity contribution in [2.75, 3.05) is 11.5 Å². The molecule has 0 saturated heterocycles. The van der Waals surface area contributed by atoms with Crippen LogP contribution in [0.5, 0.6) is 0 Å². The maximum atomic E-state index is 11.1. The van der Waals surface area contributed by atoms with E-state index in [4.69, 9.17) is 5.11 Å². The molecule has 0 amide bonds. The van der Waals surface area contributed by atoms with Gasteiger partial charge in [-0.15, -0.1) is 0 Å². The molecular weight excluding hydrogens is 284 g/mol. The molecular formula is C16H22N2O2S. The van der Waals surface area contributed by atoms with Crippen molar-refractivity contribution in [3.8, 4) is 0 Å². The van der Waals surface area contributed by atoms with E-state index >= 15 is 0 Å². The second kappa shape index (κ2) is 6.52. The fourth-order valence-electron chi connectivity index (χ4n) is 2.48. The maximum Gasteiger partial charge on any atom is 0.335 e. The number of rotatable bonds is 6.